The molecule has 0 fully saturated rings. The maximum atomic E-state index is 8.76. The van der Waals surface area contributed by atoms with E-state index in [1.807, 2.05) is 12.1 Å². The number of ether oxygens (including phenoxy) is 2. The molecule has 4 nitrogen and oxygen atoms in total. The van der Waals surface area contributed by atoms with E-state index in [0.29, 0.717) is 17.2 Å². The number of rotatable bonds is 3. The third-order valence-electron chi connectivity index (χ3n) is 2.21. The fourth-order valence-corrected chi connectivity index (χ4v) is 1.79. The van der Waals surface area contributed by atoms with Gasteiger partial charge in [-0.3, -0.25) is 0 Å². The second-order valence-corrected chi connectivity index (χ2v) is 4.24. The molecule has 18 heavy (non-hydrogen) atoms. The zero-order valence-electron chi connectivity index (χ0n) is 9.55. The summed E-state index contributed by atoms with van der Waals surface area (Å²) in [6, 6.07) is 10.6. The van der Waals surface area contributed by atoms with Gasteiger partial charge in [-0.25, -0.2) is 4.98 Å². The Morgan fingerprint density at radius 2 is 2.06 bits per heavy atom. The van der Waals surface area contributed by atoms with Crippen molar-refractivity contribution in [3.63, 3.8) is 0 Å². The van der Waals surface area contributed by atoms with Crippen LogP contribution < -0.4 is 9.47 Å². The first-order chi connectivity index (χ1) is 8.72. The highest BCUT2D eigenvalue weighted by atomic mass is 79.9. The van der Waals surface area contributed by atoms with Gasteiger partial charge in [0.15, 0.2) is 0 Å². The van der Waals surface area contributed by atoms with Crippen molar-refractivity contribution in [1.29, 1.82) is 5.26 Å². The van der Waals surface area contributed by atoms with E-state index in [4.69, 9.17) is 14.7 Å². The summed E-state index contributed by atoms with van der Waals surface area (Å²) in [4.78, 5) is 3.88. The molecular formula is C13H9BrN2O2. The van der Waals surface area contributed by atoms with E-state index in [-0.39, 0.29) is 0 Å². The highest BCUT2D eigenvalue weighted by Gasteiger charge is 2.05. The Labute approximate surface area is 113 Å². The molecule has 2 rings (SSSR count). The summed E-state index contributed by atoms with van der Waals surface area (Å²) < 4.78 is 11.5. The molecule has 5 heteroatoms. The normalized spacial score (nSPS) is 9.61. The van der Waals surface area contributed by atoms with E-state index in [1.165, 1.54) is 6.20 Å². The standard InChI is InChI=1S/C13H9BrN2O2/c1-17-10-2-3-13(12(14)7-10)18-11-4-5-16-9(6-11)8-15/h2-7H,1H3. The predicted molar refractivity (Wildman–Crippen MR) is 69.7 cm³/mol. The number of methoxy groups -OCH3 is 1. The Morgan fingerprint density at radius 1 is 1.22 bits per heavy atom. The van der Waals surface area contributed by atoms with Crippen molar-refractivity contribution < 1.29 is 9.47 Å². The zero-order valence-corrected chi connectivity index (χ0v) is 11.1. The van der Waals surface area contributed by atoms with E-state index < -0.39 is 0 Å². The largest absolute Gasteiger partial charge is 0.497 e. The molecule has 1 aromatic heterocycles. The van der Waals surface area contributed by atoms with Crippen LogP contribution in [0.4, 0.5) is 0 Å². The van der Waals surface area contributed by atoms with Gasteiger partial charge in [-0.1, -0.05) is 0 Å². The van der Waals surface area contributed by atoms with Crippen molar-refractivity contribution in [2.24, 2.45) is 0 Å². The molecule has 0 unspecified atom stereocenters. The Bertz CT molecular complexity index is 608. The lowest BCUT2D eigenvalue weighted by Crippen LogP contribution is -1.89. The molecule has 1 aromatic carbocycles. The summed E-state index contributed by atoms with van der Waals surface area (Å²) in [7, 11) is 1.60. The van der Waals surface area contributed by atoms with Gasteiger partial charge in [-0.15, -0.1) is 0 Å². The summed E-state index contributed by atoms with van der Waals surface area (Å²) in [5, 5.41) is 8.76. The minimum atomic E-state index is 0.317. The van der Waals surface area contributed by atoms with Crippen LogP contribution in [0, 0.1) is 11.3 Å². The number of nitrogens with zero attached hydrogens (tertiary/aromatic N) is 2. The number of pyridine rings is 1. The monoisotopic (exact) mass is 304 g/mol. The third-order valence-corrected chi connectivity index (χ3v) is 2.83. The average molecular weight is 305 g/mol. The van der Waals surface area contributed by atoms with E-state index in [9.17, 15) is 0 Å². The maximum Gasteiger partial charge on any atom is 0.144 e. The van der Waals surface area contributed by atoms with Gasteiger partial charge in [-0.05, 0) is 40.2 Å². The molecule has 0 radical (unpaired) electrons. The first-order valence-corrected chi connectivity index (χ1v) is 5.90. The number of hydrogen-bond acceptors (Lipinski definition) is 4. The second-order valence-electron chi connectivity index (χ2n) is 3.39. The van der Waals surface area contributed by atoms with Crippen molar-refractivity contribution in [2.75, 3.05) is 7.11 Å². The fraction of sp³-hybridized carbons (Fsp3) is 0.0769. The zero-order chi connectivity index (χ0) is 13.0. The van der Waals surface area contributed by atoms with Crippen LogP contribution in [0.15, 0.2) is 41.0 Å². The highest BCUT2D eigenvalue weighted by Crippen LogP contribution is 2.32. The SMILES string of the molecule is COc1ccc(Oc2ccnc(C#N)c2)c(Br)c1. The molecule has 0 bridgehead atoms. The molecule has 0 saturated heterocycles. The lowest BCUT2D eigenvalue weighted by molar-refractivity contribution is 0.412. The Kier molecular flexibility index (Phi) is 3.80. The number of benzene rings is 1. The quantitative estimate of drug-likeness (QED) is 0.870. The molecule has 0 atom stereocenters. The van der Waals surface area contributed by atoms with Crippen LogP contribution in [-0.4, -0.2) is 12.1 Å². The number of hydrogen-bond donors (Lipinski definition) is 0. The topological polar surface area (TPSA) is 55.1 Å². The molecule has 0 spiro atoms. The first-order valence-electron chi connectivity index (χ1n) is 5.10. The Balaban J connectivity index is 2.26. The second kappa shape index (κ2) is 5.52. The summed E-state index contributed by atoms with van der Waals surface area (Å²) in [5.41, 5.74) is 0.317. The van der Waals surface area contributed by atoms with Gasteiger partial charge in [-0.2, -0.15) is 5.26 Å². The van der Waals surface area contributed by atoms with E-state index in [0.717, 1.165) is 10.2 Å². The van der Waals surface area contributed by atoms with Gasteiger partial charge in [0.25, 0.3) is 0 Å². The summed E-state index contributed by atoms with van der Waals surface area (Å²) in [6.45, 7) is 0. The van der Waals surface area contributed by atoms with Crippen LogP contribution in [0.1, 0.15) is 5.69 Å². The van der Waals surface area contributed by atoms with Crippen molar-refractivity contribution in [3.8, 4) is 23.3 Å². The van der Waals surface area contributed by atoms with Gasteiger partial charge in [0.2, 0.25) is 0 Å². The van der Waals surface area contributed by atoms with Crippen LogP contribution in [0.25, 0.3) is 0 Å². The Hall–Kier alpha value is -2.06. The molecule has 90 valence electrons. The van der Waals surface area contributed by atoms with Gasteiger partial charge < -0.3 is 9.47 Å². The minimum absolute atomic E-state index is 0.317. The molecule has 0 aliphatic carbocycles. The lowest BCUT2D eigenvalue weighted by atomic mass is 10.3. The molecule has 0 aliphatic rings. The summed E-state index contributed by atoms with van der Waals surface area (Å²) in [6.07, 6.45) is 1.53. The Morgan fingerprint density at radius 3 is 2.72 bits per heavy atom. The van der Waals surface area contributed by atoms with Gasteiger partial charge in [0.1, 0.15) is 29.0 Å². The van der Waals surface area contributed by atoms with E-state index >= 15 is 0 Å². The third kappa shape index (κ3) is 2.79. The summed E-state index contributed by atoms with van der Waals surface area (Å²) >= 11 is 3.40. The number of halogens is 1. The summed E-state index contributed by atoms with van der Waals surface area (Å²) in [5.74, 6) is 1.94. The number of aromatic nitrogens is 1. The van der Waals surface area contributed by atoms with Crippen LogP contribution in [0.2, 0.25) is 0 Å². The smallest absolute Gasteiger partial charge is 0.144 e. The van der Waals surface area contributed by atoms with Crippen molar-refractivity contribution in [1.82, 2.24) is 4.98 Å². The molecular weight excluding hydrogens is 296 g/mol. The molecule has 0 aliphatic heterocycles. The van der Waals surface area contributed by atoms with Gasteiger partial charge in [0.05, 0.1) is 11.6 Å². The highest BCUT2D eigenvalue weighted by molar-refractivity contribution is 9.10. The molecule has 0 N–H and O–H groups in total. The van der Waals surface area contributed by atoms with E-state index in [1.54, 1.807) is 31.4 Å². The van der Waals surface area contributed by atoms with Crippen molar-refractivity contribution in [3.05, 3.63) is 46.7 Å². The molecule has 1 heterocycles. The molecule has 0 saturated carbocycles. The van der Waals surface area contributed by atoms with Crippen molar-refractivity contribution in [2.45, 2.75) is 0 Å². The predicted octanol–water partition coefficient (Wildman–Crippen LogP) is 3.52. The minimum Gasteiger partial charge on any atom is -0.497 e. The van der Waals surface area contributed by atoms with Crippen molar-refractivity contribution >= 4 is 15.9 Å². The van der Waals surface area contributed by atoms with Crippen LogP contribution >= 0.6 is 15.9 Å². The molecule has 2 aromatic rings. The van der Waals surface area contributed by atoms with Gasteiger partial charge in [0, 0.05) is 12.3 Å². The van der Waals surface area contributed by atoms with E-state index in [2.05, 4.69) is 20.9 Å². The number of nitriles is 1. The average Bonchev–Trinajstić information content (AvgIpc) is 2.41. The van der Waals surface area contributed by atoms with Crippen LogP contribution in [-0.2, 0) is 0 Å². The molecule has 0 amide bonds. The lowest BCUT2D eigenvalue weighted by Gasteiger charge is -2.08. The van der Waals surface area contributed by atoms with Crippen LogP contribution in [0.3, 0.4) is 0 Å². The van der Waals surface area contributed by atoms with Gasteiger partial charge >= 0.3 is 0 Å². The maximum absolute atomic E-state index is 8.76. The van der Waals surface area contributed by atoms with Crippen LogP contribution in [0.5, 0.6) is 17.2 Å². The fourth-order valence-electron chi connectivity index (χ4n) is 1.35. The first kappa shape index (κ1) is 12.4.